The maximum absolute atomic E-state index is 14.1. The van der Waals surface area contributed by atoms with Crippen molar-refractivity contribution < 1.29 is 36.0 Å². The van der Waals surface area contributed by atoms with E-state index in [0.717, 1.165) is 24.3 Å². The van der Waals surface area contributed by atoms with Crippen molar-refractivity contribution in [2.45, 2.75) is 39.3 Å². The van der Waals surface area contributed by atoms with Crippen molar-refractivity contribution >= 4 is 27.4 Å². The van der Waals surface area contributed by atoms with Gasteiger partial charge in [0.2, 0.25) is 0 Å². The van der Waals surface area contributed by atoms with Gasteiger partial charge in [-0.2, -0.15) is 8.42 Å². The molecule has 2 heterocycles. The van der Waals surface area contributed by atoms with Gasteiger partial charge in [0.25, 0.3) is 5.91 Å². The predicted molar refractivity (Wildman–Crippen MR) is 171 cm³/mol. The van der Waals surface area contributed by atoms with Crippen LogP contribution in [0.5, 0.6) is 17.2 Å². The lowest BCUT2D eigenvalue weighted by molar-refractivity contribution is -0.121. The predicted octanol–water partition coefficient (Wildman–Crippen LogP) is 4.99. The Labute approximate surface area is 264 Å². The van der Waals surface area contributed by atoms with Crippen LogP contribution in [0.25, 0.3) is 11.1 Å². The number of benzene rings is 3. The molecule has 0 saturated carbocycles. The van der Waals surface area contributed by atoms with Gasteiger partial charge in [0.1, 0.15) is 35.2 Å². The number of nitrogens with zero attached hydrogens (tertiary/aromatic N) is 2. The van der Waals surface area contributed by atoms with Crippen LogP contribution >= 0.6 is 0 Å². The van der Waals surface area contributed by atoms with E-state index in [1.54, 1.807) is 30.1 Å². The lowest BCUT2D eigenvalue weighted by atomic mass is 9.91. The van der Waals surface area contributed by atoms with E-state index in [2.05, 4.69) is 10.2 Å². The first-order valence-electron chi connectivity index (χ1n) is 14.9. The topological polar surface area (TPSA) is 107 Å². The third-order valence-electron chi connectivity index (χ3n) is 8.09. The molecule has 1 N–H and O–H groups in total. The first-order valence-corrected chi connectivity index (χ1v) is 16.5. The Morgan fingerprint density at radius 2 is 1.76 bits per heavy atom. The summed E-state index contributed by atoms with van der Waals surface area (Å²) in [6.45, 7) is 8.99. The molecule has 1 saturated heterocycles. The fourth-order valence-electron chi connectivity index (χ4n) is 5.73. The highest BCUT2D eigenvalue weighted by molar-refractivity contribution is 7.87. The molecule has 2 aliphatic heterocycles. The van der Waals surface area contributed by atoms with E-state index in [0.29, 0.717) is 60.1 Å². The standard InChI is InChI=1S/C33H40FN3O7S/c1-22-7-8-23(34)19-29(22)43-21-27-25(11-12-28-31(27)36(4)32(38)33(2,3)35-28)26-10-9-24(20-30(26)41-5)44-45(39,40)18-6-13-37-14-16-42-17-15-37/h7-12,19-20,35H,6,13-18,21H2,1-5H3. The number of ether oxygens (including phenoxy) is 3. The van der Waals surface area contributed by atoms with Crippen LogP contribution in [-0.2, 0) is 26.3 Å². The highest BCUT2D eigenvalue weighted by atomic mass is 32.2. The zero-order chi connectivity index (χ0) is 32.4. The third-order valence-corrected chi connectivity index (χ3v) is 9.32. The number of morpholine rings is 1. The van der Waals surface area contributed by atoms with Gasteiger partial charge in [0.05, 0.1) is 37.5 Å². The number of rotatable bonds is 11. The molecule has 12 heteroatoms. The molecule has 0 aliphatic carbocycles. The van der Waals surface area contributed by atoms with Crippen molar-refractivity contribution in [2.24, 2.45) is 0 Å². The summed E-state index contributed by atoms with van der Waals surface area (Å²) in [6.07, 6.45) is 0.442. The van der Waals surface area contributed by atoms with Gasteiger partial charge >= 0.3 is 10.1 Å². The summed E-state index contributed by atoms with van der Waals surface area (Å²) < 4.78 is 62.4. The number of anilines is 2. The molecular weight excluding hydrogens is 601 g/mol. The molecule has 3 aromatic carbocycles. The van der Waals surface area contributed by atoms with Crippen molar-refractivity contribution in [3.8, 4) is 28.4 Å². The SMILES string of the molecule is COc1cc(OS(=O)(=O)CCCN2CCOCC2)ccc1-c1ccc2c(c1COc1cc(F)ccc1C)N(C)C(=O)C(C)(C)N2. The van der Waals surface area contributed by atoms with E-state index < -0.39 is 21.5 Å². The number of carbonyl (C=O) groups is 1. The molecule has 0 atom stereocenters. The van der Waals surface area contributed by atoms with Gasteiger partial charge < -0.3 is 28.6 Å². The Kier molecular flexibility index (Phi) is 9.57. The van der Waals surface area contributed by atoms with E-state index in [1.807, 2.05) is 32.9 Å². The summed E-state index contributed by atoms with van der Waals surface area (Å²) in [7, 11) is -0.645. The van der Waals surface area contributed by atoms with E-state index in [1.165, 1.54) is 25.3 Å². The van der Waals surface area contributed by atoms with E-state index >= 15 is 0 Å². The number of amides is 1. The van der Waals surface area contributed by atoms with Crippen LogP contribution in [0.3, 0.4) is 0 Å². The number of fused-ring (bicyclic) bond motifs is 1. The molecule has 1 fully saturated rings. The molecule has 45 heavy (non-hydrogen) atoms. The zero-order valence-corrected chi connectivity index (χ0v) is 27.1. The monoisotopic (exact) mass is 641 g/mol. The number of likely N-dealkylation sites (N-methyl/N-ethyl adjacent to an activating group) is 1. The molecule has 0 aromatic heterocycles. The second-order valence-electron chi connectivity index (χ2n) is 11.8. The summed E-state index contributed by atoms with van der Waals surface area (Å²) in [6, 6.07) is 12.9. The van der Waals surface area contributed by atoms with E-state index in [9.17, 15) is 17.6 Å². The Bertz CT molecular complexity index is 1670. The average molecular weight is 642 g/mol. The average Bonchev–Trinajstić information content (AvgIpc) is 3.00. The number of nitrogens with one attached hydrogen (secondary N) is 1. The van der Waals surface area contributed by atoms with Crippen molar-refractivity contribution in [1.82, 2.24) is 4.90 Å². The van der Waals surface area contributed by atoms with Crippen LogP contribution in [0.4, 0.5) is 15.8 Å². The Hall–Kier alpha value is -3.87. The Morgan fingerprint density at radius 3 is 2.49 bits per heavy atom. The van der Waals surface area contributed by atoms with Gasteiger partial charge in [-0.15, -0.1) is 0 Å². The molecule has 0 spiro atoms. The number of hydrogen-bond acceptors (Lipinski definition) is 9. The van der Waals surface area contributed by atoms with Crippen LogP contribution in [0.1, 0.15) is 31.4 Å². The minimum atomic E-state index is -3.85. The largest absolute Gasteiger partial charge is 0.496 e. The van der Waals surface area contributed by atoms with Crippen LogP contribution in [0.2, 0.25) is 0 Å². The summed E-state index contributed by atoms with van der Waals surface area (Å²) in [5, 5.41) is 3.32. The number of aryl methyl sites for hydroxylation is 1. The summed E-state index contributed by atoms with van der Waals surface area (Å²) >= 11 is 0. The lowest BCUT2D eigenvalue weighted by Gasteiger charge is -2.39. The molecule has 0 bridgehead atoms. The number of hydrogen-bond donors (Lipinski definition) is 1. The van der Waals surface area contributed by atoms with Crippen LogP contribution in [0.15, 0.2) is 48.5 Å². The van der Waals surface area contributed by atoms with Gasteiger partial charge in [-0.3, -0.25) is 9.69 Å². The van der Waals surface area contributed by atoms with Crippen LogP contribution in [-0.4, -0.2) is 77.5 Å². The first kappa shape index (κ1) is 32.5. The molecule has 1 amide bonds. The molecule has 0 unspecified atom stereocenters. The number of halogens is 1. The van der Waals surface area contributed by atoms with E-state index in [4.69, 9.17) is 18.4 Å². The minimum Gasteiger partial charge on any atom is -0.496 e. The van der Waals surface area contributed by atoms with Gasteiger partial charge in [-0.05, 0) is 69.1 Å². The zero-order valence-electron chi connectivity index (χ0n) is 26.3. The highest BCUT2D eigenvalue weighted by Crippen LogP contribution is 2.45. The van der Waals surface area contributed by atoms with Crippen LogP contribution < -0.4 is 23.9 Å². The molecule has 10 nitrogen and oxygen atoms in total. The molecule has 0 radical (unpaired) electrons. The van der Waals surface area contributed by atoms with Gasteiger partial charge in [-0.1, -0.05) is 12.1 Å². The third kappa shape index (κ3) is 7.34. The normalized spacial score (nSPS) is 16.6. The van der Waals surface area contributed by atoms with Crippen LogP contribution in [0, 0.1) is 12.7 Å². The second kappa shape index (κ2) is 13.2. The fourth-order valence-corrected chi connectivity index (χ4v) is 6.70. The lowest BCUT2D eigenvalue weighted by Crippen LogP contribution is -2.52. The van der Waals surface area contributed by atoms with Crippen molar-refractivity contribution in [1.29, 1.82) is 0 Å². The summed E-state index contributed by atoms with van der Waals surface area (Å²) in [4.78, 5) is 17.1. The Morgan fingerprint density at radius 1 is 1.02 bits per heavy atom. The maximum atomic E-state index is 14.1. The van der Waals surface area contributed by atoms with Crippen molar-refractivity contribution in [3.05, 3.63) is 65.5 Å². The van der Waals surface area contributed by atoms with Crippen molar-refractivity contribution in [3.63, 3.8) is 0 Å². The van der Waals surface area contributed by atoms with E-state index in [-0.39, 0.29) is 24.0 Å². The quantitative estimate of drug-likeness (QED) is 0.290. The number of carbonyl (C=O) groups excluding carboxylic acids is 1. The fraction of sp³-hybridized carbons (Fsp3) is 0.424. The summed E-state index contributed by atoms with van der Waals surface area (Å²) in [5.74, 6) is 0.205. The molecule has 3 aromatic rings. The minimum absolute atomic E-state index is 0.0153. The van der Waals surface area contributed by atoms with Gasteiger partial charge in [-0.25, -0.2) is 4.39 Å². The molecular formula is C33H40FN3O7S. The molecule has 2 aliphatic rings. The molecule has 5 rings (SSSR count). The first-order chi connectivity index (χ1) is 21.4. The number of methoxy groups -OCH3 is 1. The van der Waals surface area contributed by atoms with Gasteiger partial charge in [0.15, 0.2) is 0 Å². The summed E-state index contributed by atoms with van der Waals surface area (Å²) in [5.41, 5.74) is 3.29. The maximum Gasteiger partial charge on any atom is 0.309 e. The Balaban J connectivity index is 1.46. The van der Waals surface area contributed by atoms with Gasteiger partial charge in [0, 0.05) is 43.4 Å². The molecule has 242 valence electrons. The highest BCUT2D eigenvalue weighted by Gasteiger charge is 2.39. The second-order valence-corrected chi connectivity index (χ2v) is 13.5. The smallest absolute Gasteiger partial charge is 0.309 e. The van der Waals surface area contributed by atoms with Crippen molar-refractivity contribution in [2.75, 3.05) is 63.0 Å².